The van der Waals surface area contributed by atoms with E-state index >= 15 is 0 Å². The molecule has 0 saturated heterocycles. The van der Waals surface area contributed by atoms with Gasteiger partial charge in [0.15, 0.2) is 0 Å². The maximum Gasteiger partial charge on any atom is 0.328 e. The quantitative estimate of drug-likeness (QED) is 0.545. The molecule has 1 fully saturated rings. The zero-order chi connectivity index (χ0) is 24.1. The molecule has 3 amide bonds. The average Bonchev–Trinajstić information content (AvgIpc) is 3.11. The third-order valence-electron chi connectivity index (χ3n) is 5.82. The summed E-state index contributed by atoms with van der Waals surface area (Å²) in [5.74, 6) is 0.255. The third-order valence-corrected chi connectivity index (χ3v) is 7.16. The molecule has 0 bridgehead atoms. The summed E-state index contributed by atoms with van der Waals surface area (Å²) in [6.07, 6.45) is 3.17. The number of nitrogens with one attached hydrogen (secondary N) is 3. The van der Waals surface area contributed by atoms with E-state index < -0.39 is 16.1 Å². The molecular weight excluding hydrogens is 442 g/mol. The molecule has 1 saturated carbocycles. The minimum atomic E-state index is -3.97. The van der Waals surface area contributed by atoms with Gasteiger partial charge >= 0.3 is 6.03 Å². The SMILES string of the molecule is COc1ccccc1C(=O)NCCc1ccc(S(=O)(=O)NC(=O)NC2CCC(C)(C)C2)cc1. The number of carbonyl (C=O) groups excluding carboxylic acids is 2. The highest BCUT2D eigenvalue weighted by atomic mass is 32.2. The molecular formula is C24H31N3O5S. The van der Waals surface area contributed by atoms with E-state index in [1.165, 1.54) is 19.2 Å². The summed E-state index contributed by atoms with van der Waals surface area (Å²) in [7, 11) is -2.46. The summed E-state index contributed by atoms with van der Waals surface area (Å²) in [6, 6.07) is 12.5. The van der Waals surface area contributed by atoms with Gasteiger partial charge in [-0.05, 0) is 60.9 Å². The van der Waals surface area contributed by atoms with Crippen LogP contribution in [0.5, 0.6) is 5.75 Å². The Labute approximate surface area is 195 Å². The molecule has 0 radical (unpaired) electrons. The number of rotatable bonds is 8. The first kappa shape index (κ1) is 24.6. The fourth-order valence-corrected chi connectivity index (χ4v) is 4.95. The predicted octanol–water partition coefficient (Wildman–Crippen LogP) is 3.23. The summed E-state index contributed by atoms with van der Waals surface area (Å²) in [5.41, 5.74) is 1.46. The van der Waals surface area contributed by atoms with E-state index in [1.54, 1.807) is 36.4 Å². The monoisotopic (exact) mass is 473 g/mol. The number of sulfonamides is 1. The second-order valence-electron chi connectivity index (χ2n) is 9.03. The number of hydrogen-bond donors (Lipinski definition) is 3. The van der Waals surface area contributed by atoms with E-state index in [2.05, 4.69) is 29.2 Å². The van der Waals surface area contributed by atoms with Crippen LogP contribution in [0.2, 0.25) is 0 Å². The van der Waals surface area contributed by atoms with Crippen LogP contribution in [-0.4, -0.2) is 40.1 Å². The predicted molar refractivity (Wildman–Crippen MR) is 126 cm³/mol. The average molecular weight is 474 g/mol. The molecule has 1 unspecified atom stereocenters. The standard InChI is InChI=1S/C24H31N3O5S/c1-24(2)14-12-18(16-24)26-23(29)27-33(30,31)19-10-8-17(9-11-19)13-15-25-22(28)20-6-4-5-7-21(20)32-3/h4-11,18H,12-16H2,1-3H3,(H,25,28)(H2,26,27,29). The number of carbonyl (C=O) groups is 2. The Kier molecular flexibility index (Phi) is 7.63. The highest BCUT2D eigenvalue weighted by Gasteiger charge is 2.32. The van der Waals surface area contributed by atoms with Gasteiger partial charge in [0.25, 0.3) is 15.9 Å². The minimum Gasteiger partial charge on any atom is -0.496 e. The molecule has 0 spiro atoms. The van der Waals surface area contributed by atoms with Gasteiger partial charge in [0.1, 0.15) is 5.75 Å². The molecule has 9 heteroatoms. The van der Waals surface area contributed by atoms with Gasteiger partial charge in [-0.1, -0.05) is 38.1 Å². The van der Waals surface area contributed by atoms with E-state index in [9.17, 15) is 18.0 Å². The van der Waals surface area contributed by atoms with Gasteiger partial charge in [-0.25, -0.2) is 17.9 Å². The highest BCUT2D eigenvalue weighted by molar-refractivity contribution is 7.90. The van der Waals surface area contributed by atoms with Crippen molar-refractivity contribution in [1.82, 2.24) is 15.4 Å². The number of ether oxygens (including phenoxy) is 1. The van der Waals surface area contributed by atoms with Crippen LogP contribution in [-0.2, 0) is 16.4 Å². The van der Waals surface area contributed by atoms with Gasteiger partial charge in [0.2, 0.25) is 0 Å². The number of urea groups is 1. The van der Waals surface area contributed by atoms with E-state index in [1.807, 2.05) is 0 Å². The zero-order valence-electron chi connectivity index (χ0n) is 19.2. The zero-order valence-corrected chi connectivity index (χ0v) is 20.0. The number of methoxy groups -OCH3 is 1. The normalized spacial score (nSPS) is 17.2. The lowest BCUT2D eigenvalue weighted by atomic mass is 9.92. The van der Waals surface area contributed by atoms with Crippen molar-refractivity contribution in [2.24, 2.45) is 5.41 Å². The van der Waals surface area contributed by atoms with Gasteiger partial charge in [-0.3, -0.25) is 4.79 Å². The molecule has 1 aliphatic rings. The van der Waals surface area contributed by atoms with Crippen molar-refractivity contribution in [3.05, 3.63) is 59.7 Å². The lowest BCUT2D eigenvalue weighted by Gasteiger charge is -2.18. The summed E-state index contributed by atoms with van der Waals surface area (Å²) in [6.45, 7) is 4.64. The van der Waals surface area contributed by atoms with Crippen LogP contribution in [0.3, 0.4) is 0 Å². The number of para-hydroxylation sites is 1. The van der Waals surface area contributed by atoms with Gasteiger partial charge in [0, 0.05) is 12.6 Å². The molecule has 178 valence electrons. The lowest BCUT2D eigenvalue weighted by Crippen LogP contribution is -2.43. The molecule has 8 nitrogen and oxygen atoms in total. The summed E-state index contributed by atoms with van der Waals surface area (Å²) in [5, 5.41) is 5.58. The van der Waals surface area contributed by atoms with E-state index in [4.69, 9.17) is 4.74 Å². The second-order valence-corrected chi connectivity index (χ2v) is 10.7. The van der Waals surface area contributed by atoms with Crippen LogP contribution in [0.4, 0.5) is 4.79 Å². The van der Waals surface area contributed by atoms with Gasteiger partial charge in [-0.2, -0.15) is 0 Å². The van der Waals surface area contributed by atoms with Crippen LogP contribution < -0.4 is 20.1 Å². The Bertz CT molecular complexity index is 1100. The van der Waals surface area contributed by atoms with Gasteiger partial charge < -0.3 is 15.4 Å². The molecule has 2 aromatic carbocycles. The Morgan fingerprint density at radius 2 is 1.79 bits per heavy atom. The smallest absolute Gasteiger partial charge is 0.328 e. The van der Waals surface area contributed by atoms with Gasteiger partial charge in [-0.15, -0.1) is 0 Å². The van der Waals surface area contributed by atoms with Crippen molar-refractivity contribution >= 4 is 22.0 Å². The third kappa shape index (κ3) is 6.71. The molecule has 2 aromatic rings. The Morgan fingerprint density at radius 1 is 1.09 bits per heavy atom. The number of amides is 3. The largest absolute Gasteiger partial charge is 0.496 e. The van der Waals surface area contributed by atoms with Crippen molar-refractivity contribution in [1.29, 1.82) is 0 Å². The topological polar surface area (TPSA) is 114 Å². The van der Waals surface area contributed by atoms with E-state index in [0.717, 1.165) is 24.8 Å². The van der Waals surface area contributed by atoms with Gasteiger partial charge in [0.05, 0.1) is 17.6 Å². The van der Waals surface area contributed by atoms with Crippen LogP contribution in [0, 0.1) is 5.41 Å². The second kappa shape index (κ2) is 10.2. The highest BCUT2D eigenvalue weighted by Crippen LogP contribution is 2.36. The first-order chi connectivity index (χ1) is 15.6. The molecule has 3 rings (SSSR count). The van der Waals surface area contributed by atoms with Crippen LogP contribution >= 0.6 is 0 Å². The van der Waals surface area contributed by atoms with Crippen molar-refractivity contribution in [2.45, 2.75) is 50.5 Å². The Hall–Kier alpha value is -3.07. The van der Waals surface area contributed by atoms with Crippen molar-refractivity contribution in [3.63, 3.8) is 0 Å². The number of benzene rings is 2. The molecule has 0 aliphatic heterocycles. The Balaban J connectivity index is 1.50. The van der Waals surface area contributed by atoms with Crippen molar-refractivity contribution < 1.29 is 22.7 Å². The van der Waals surface area contributed by atoms with Crippen LogP contribution in [0.15, 0.2) is 53.4 Å². The Morgan fingerprint density at radius 3 is 2.42 bits per heavy atom. The molecule has 0 aromatic heterocycles. The van der Waals surface area contributed by atoms with Crippen molar-refractivity contribution in [2.75, 3.05) is 13.7 Å². The molecule has 3 N–H and O–H groups in total. The molecule has 0 heterocycles. The van der Waals surface area contributed by atoms with Crippen molar-refractivity contribution in [3.8, 4) is 5.75 Å². The maximum absolute atomic E-state index is 12.5. The fraction of sp³-hybridized carbons (Fsp3) is 0.417. The first-order valence-electron chi connectivity index (χ1n) is 10.9. The molecule has 1 atom stereocenters. The molecule has 33 heavy (non-hydrogen) atoms. The first-order valence-corrected chi connectivity index (χ1v) is 12.4. The minimum absolute atomic E-state index is 0.00575. The molecule has 1 aliphatic carbocycles. The van der Waals surface area contributed by atoms with Crippen LogP contribution in [0.25, 0.3) is 0 Å². The lowest BCUT2D eigenvalue weighted by molar-refractivity contribution is 0.0951. The van der Waals surface area contributed by atoms with E-state index in [0.29, 0.717) is 24.3 Å². The fourth-order valence-electron chi connectivity index (χ4n) is 4.04. The summed E-state index contributed by atoms with van der Waals surface area (Å²) >= 11 is 0. The van der Waals surface area contributed by atoms with E-state index in [-0.39, 0.29) is 22.3 Å². The number of hydrogen-bond acceptors (Lipinski definition) is 5. The van der Waals surface area contributed by atoms with Crippen LogP contribution in [0.1, 0.15) is 49.0 Å². The summed E-state index contributed by atoms with van der Waals surface area (Å²) < 4.78 is 32.4. The maximum atomic E-state index is 12.5. The summed E-state index contributed by atoms with van der Waals surface area (Å²) in [4.78, 5) is 24.5.